The van der Waals surface area contributed by atoms with Gasteiger partial charge in [0, 0.05) is 12.2 Å². The summed E-state index contributed by atoms with van der Waals surface area (Å²) in [6, 6.07) is 3.15. The van der Waals surface area contributed by atoms with Crippen molar-refractivity contribution >= 4 is 11.9 Å². The summed E-state index contributed by atoms with van der Waals surface area (Å²) < 4.78 is 9.96. The van der Waals surface area contributed by atoms with Crippen molar-refractivity contribution in [2.75, 3.05) is 20.3 Å². The highest BCUT2D eigenvalue weighted by Crippen LogP contribution is 2.18. The summed E-state index contributed by atoms with van der Waals surface area (Å²) in [4.78, 5) is 29.4. The summed E-state index contributed by atoms with van der Waals surface area (Å²) in [6.45, 7) is 5.79. The van der Waals surface area contributed by atoms with Crippen LogP contribution in [0.1, 0.15) is 31.1 Å². The number of hydrogen-bond acceptors (Lipinski definition) is 5. The van der Waals surface area contributed by atoms with Crippen LogP contribution in [0, 0.1) is 0 Å². The van der Waals surface area contributed by atoms with Crippen LogP contribution in [0.4, 0.5) is 0 Å². The van der Waals surface area contributed by atoms with Gasteiger partial charge in [-0.2, -0.15) is 0 Å². The quantitative estimate of drug-likeness (QED) is 0.739. The van der Waals surface area contributed by atoms with Gasteiger partial charge < -0.3 is 14.4 Å². The van der Waals surface area contributed by atoms with Crippen LogP contribution in [-0.2, 0) is 9.53 Å². The lowest BCUT2D eigenvalue weighted by atomic mass is 10.2. The minimum Gasteiger partial charge on any atom is -0.477 e. The maximum Gasteiger partial charge on any atom is 0.325 e. The molecule has 1 aromatic heterocycles. The molecule has 0 N–H and O–H groups in total. The van der Waals surface area contributed by atoms with Crippen molar-refractivity contribution in [2.45, 2.75) is 26.8 Å². The summed E-state index contributed by atoms with van der Waals surface area (Å²) in [5.74, 6) is -0.494. The second-order valence-electron chi connectivity index (χ2n) is 4.39. The first-order chi connectivity index (χ1) is 9.51. The van der Waals surface area contributed by atoms with Crippen molar-refractivity contribution in [1.82, 2.24) is 9.88 Å². The molecule has 0 aromatic carbocycles. The van der Waals surface area contributed by atoms with E-state index in [-0.39, 0.29) is 24.4 Å². The molecular formula is C14H20N2O4. The van der Waals surface area contributed by atoms with Gasteiger partial charge in [0.2, 0.25) is 5.88 Å². The third-order valence-electron chi connectivity index (χ3n) is 2.69. The number of carbonyl (C=O) groups is 2. The Morgan fingerprint density at radius 3 is 2.65 bits per heavy atom. The molecule has 0 unspecified atom stereocenters. The monoisotopic (exact) mass is 280 g/mol. The predicted molar refractivity (Wildman–Crippen MR) is 73.6 cm³/mol. The van der Waals surface area contributed by atoms with E-state index in [9.17, 15) is 9.59 Å². The third-order valence-corrected chi connectivity index (χ3v) is 2.69. The number of aromatic nitrogens is 1. The first kappa shape index (κ1) is 15.9. The molecule has 6 heteroatoms. The highest BCUT2D eigenvalue weighted by atomic mass is 16.5. The fourth-order valence-electron chi connectivity index (χ4n) is 1.65. The molecule has 0 bridgehead atoms. The fourth-order valence-corrected chi connectivity index (χ4v) is 1.65. The Morgan fingerprint density at radius 2 is 2.10 bits per heavy atom. The molecule has 0 spiro atoms. The Kier molecular flexibility index (Phi) is 5.96. The van der Waals surface area contributed by atoms with Crippen molar-refractivity contribution in [3.8, 4) is 5.88 Å². The highest BCUT2D eigenvalue weighted by Gasteiger charge is 2.24. The Bertz CT molecular complexity index is 474. The molecule has 0 aliphatic heterocycles. The van der Waals surface area contributed by atoms with Crippen molar-refractivity contribution < 1.29 is 19.1 Å². The highest BCUT2D eigenvalue weighted by molar-refractivity contribution is 5.98. The number of ether oxygens (including phenoxy) is 2. The Labute approximate surface area is 118 Å². The molecule has 0 radical (unpaired) electrons. The van der Waals surface area contributed by atoms with Crippen molar-refractivity contribution in [2.24, 2.45) is 0 Å². The first-order valence-electron chi connectivity index (χ1n) is 6.46. The molecule has 0 saturated carbocycles. The molecule has 0 atom stereocenters. The van der Waals surface area contributed by atoms with Crippen LogP contribution in [0.2, 0.25) is 0 Å². The summed E-state index contributed by atoms with van der Waals surface area (Å²) >= 11 is 0. The standard InChI is InChI=1S/C14H20N2O4/c1-5-20-13-11(7-6-8-15-13)14(18)16(10(2)3)9-12(17)19-4/h6-8,10H,5,9H2,1-4H3. The molecule has 1 amide bonds. The van der Waals surface area contributed by atoms with E-state index in [1.807, 2.05) is 20.8 Å². The van der Waals surface area contributed by atoms with Gasteiger partial charge in [-0.15, -0.1) is 0 Å². The van der Waals surface area contributed by atoms with Gasteiger partial charge in [0.15, 0.2) is 0 Å². The van der Waals surface area contributed by atoms with Crippen LogP contribution < -0.4 is 4.74 Å². The van der Waals surface area contributed by atoms with E-state index < -0.39 is 5.97 Å². The topological polar surface area (TPSA) is 68.7 Å². The van der Waals surface area contributed by atoms with Gasteiger partial charge in [-0.1, -0.05) is 0 Å². The third kappa shape index (κ3) is 3.94. The number of rotatable bonds is 6. The normalized spacial score (nSPS) is 10.2. The largest absolute Gasteiger partial charge is 0.477 e. The van der Waals surface area contributed by atoms with Crippen LogP contribution in [0.5, 0.6) is 5.88 Å². The van der Waals surface area contributed by atoms with E-state index in [1.54, 1.807) is 18.3 Å². The number of hydrogen-bond donors (Lipinski definition) is 0. The van der Waals surface area contributed by atoms with Gasteiger partial charge in [0.25, 0.3) is 5.91 Å². The smallest absolute Gasteiger partial charge is 0.325 e. The number of amides is 1. The summed E-state index contributed by atoms with van der Waals surface area (Å²) in [5.41, 5.74) is 0.340. The molecule has 0 saturated heterocycles. The van der Waals surface area contributed by atoms with E-state index in [0.29, 0.717) is 12.2 Å². The molecule has 0 aliphatic rings. The molecule has 0 fully saturated rings. The molecule has 0 aliphatic carbocycles. The average molecular weight is 280 g/mol. The van der Waals surface area contributed by atoms with Crippen LogP contribution in [0.15, 0.2) is 18.3 Å². The molecule has 1 aromatic rings. The minimum absolute atomic E-state index is 0.104. The number of esters is 1. The number of nitrogens with zero attached hydrogens (tertiary/aromatic N) is 2. The Balaban J connectivity index is 3.03. The summed E-state index contributed by atoms with van der Waals surface area (Å²) in [7, 11) is 1.29. The average Bonchev–Trinajstić information content (AvgIpc) is 2.44. The predicted octanol–water partition coefficient (Wildman–Crippen LogP) is 1.50. The van der Waals surface area contributed by atoms with E-state index in [0.717, 1.165) is 0 Å². The number of carbonyl (C=O) groups excluding carboxylic acids is 2. The number of pyridine rings is 1. The van der Waals surface area contributed by atoms with Crippen LogP contribution in [-0.4, -0.2) is 48.1 Å². The van der Waals surface area contributed by atoms with E-state index >= 15 is 0 Å². The SMILES string of the molecule is CCOc1ncccc1C(=O)N(CC(=O)OC)C(C)C. The second kappa shape index (κ2) is 7.47. The van der Waals surface area contributed by atoms with E-state index in [2.05, 4.69) is 9.72 Å². The first-order valence-corrected chi connectivity index (χ1v) is 6.46. The summed E-state index contributed by atoms with van der Waals surface area (Å²) in [5, 5.41) is 0. The van der Waals surface area contributed by atoms with Gasteiger partial charge >= 0.3 is 5.97 Å². The molecule has 1 heterocycles. The lowest BCUT2D eigenvalue weighted by molar-refractivity contribution is -0.141. The van der Waals surface area contributed by atoms with Crippen LogP contribution >= 0.6 is 0 Å². The number of methoxy groups -OCH3 is 1. The molecular weight excluding hydrogens is 260 g/mol. The lowest BCUT2D eigenvalue weighted by Crippen LogP contribution is -2.41. The molecule has 110 valence electrons. The molecule has 6 nitrogen and oxygen atoms in total. The lowest BCUT2D eigenvalue weighted by Gasteiger charge is -2.26. The van der Waals surface area contributed by atoms with Gasteiger partial charge in [-0.25, -0.2) is 4.98 Å². The maximum absolute atomic E-state index is 12.5. The van der Waals surface area contributed by atoms with Crippen molar-refractivity contribution in [1.29, 1.82) is 0 Å². The second-order valence-corrected chi connectivity index (χ2v) is 4.39. The van der Waals surface area contributed by atoms with E-state index in [1.165, 1.54) is 12.0 Å². The molecule has 1 rings (SSSR count). The zero-order chi connectivity index (χ0) is 15.1. The minimum atomic E-state index is -0.464. The van der Waals surface area contributed by atoms with Gasteiger partial charge in [-0.05, 0) is 32.9 Å². The zero-order valence-electron chi connectivity index (χ0n) is 12.3. The maximum atomic E-state index is 12.5. The van der Waals surface area contributed by atoms with Crippen molar-refractivity contribution in [3.05, 3.63) is 23.9 Å². The Hall–Kier alpha value is -2.11. The van der Waals surface area contributed by atoms with Crippen molar-refractivity contribution in [3.63, 3.8) is 0 Å². The van der Waals surface area contributed by atoms with Gasteiger partial charge in [0.05, 0.1) is 13.7 Å². The van der Waals surface area contributed by atoms with Gasteiger partial charge in [-0.3, -0.25) is 9.59 Å². The van der Waals surface area contributed by atoms with Crippen LogP contribution in [0.25, 0.3) is 0 Å². The van der Waals surface area contributed by atoms with Crippen LogP contribution in [0.3, 0.4) is 0 Å². The van der Waals surface area contributed by atoms with E-state index in [4.69, 9.17) is 4.74 Å². The van der Waals surface area contributed by atoms with Gasteiger partial charge in [0.1, 0.15) is 12.1 Å². The summed E-state index contributed by atoms with van der Waals surface area (Å²) in [6.07, 6.45) is 1.56. The molecule has 20 heavy (non-hydrogen) atoms. The Morgan fingerprint density at radius 1 is 1.40 bits per heavy atom. The fraction of sp³-hybridized carbons (Fsp3) is 0.500. The zero-order valence-corrected chi connectivity index (χ0v) is 12.3.